The standard InChI is InChI=1S/C22H27FN2O2/c1-15-11-21(27-14-17-7-6-10-19(23)12-17)24-13-20(15)22(26)25-16(2)18-8-4-3-5-9-18/h6-7,10-13,16,18H,3-5,8-9,14H2,1-2H3,(H,25,26)/t16-/m1/s1. The van der Waals surface area contributed by atoms with E-state index in [4.69, 9.17) is 4.74 Å². The van der Waals surface area contributed by atoms with Gasteiger partial charge in [0.15, 0.2) is 0 Å². The van der Waals surface area contributed by atoms with Crippen LogP contribution in [0.5, 0.6) is 5.88 Å². The van der Waals surface area contributed by atoms with E-state index in [0.717, 1.165) is 11.1 Å². The largest absolute Gasteiger partial charge is 0.473 e. The van der Waals surface area contributed by atoms with Crippen molar-refractivity contribution in [2.75, 3.05) is 0 Å². The summed E-state index contributed by atoms with van der Waals surface area (Å²) in [4.78, 5) is 16.9. The molecule has 3 rings (SSSR count). The van der Waals surface area contributed by atoms with Crippen molar-refractivity contribution >= 4 is 5.91 Å². The molecule has 0 bridgehead atoms. The molecule has 1 atom stereocenters. The zero-order valence-electron chi connectivity index (χ0n) is 16.0. The van der Waals surface area contributed by atoms with Gasteiger partial charge < -0.3 is 10.1 Å². The van der Waals surface area contributed by atoms with Crippen LogP contribution in [0, 0.1) is 18.7 Å². The number of carbonyl (C=O) groups excluding carboxylic acids is 1. The second-order valence-corrected chi connectivity index (χ2v) is 7.42. The summed E-state index contributed by atoms with van der Waals surface area (Å²) in [7, 11) is 0. The molecule has 0 spiro atoms. The van der Waals surface area contributed by atoms with Gasteiger partial charge in [-0.25, -0.2) is 9.37 Å². The third-order valence-corrected chi connectivity index (χ3v) is 5.32. The fourth-order valence-corrected chi connectivity index (χ4v) is 3.67. The van der Waals surface area contributed by atoms with E-state index in [1.807, 2.05) is 6.92 Å². The highest BCUT2D eigenvalue weighted by Crippen LogP contribution is 2.26. The Kier molecular flexibility index (Phi) is 6.43. The van der Waals surface area contributed by atoms with Gasteiger partial charge in [0.25, 0.3) is 5.91 Å². The minimum atomic E-state index is -0.292. The van der Waals surface area contributed by atoms with Crippen LogP contribution in [0.4, 0.5) is 4.39 Å². The lowest BCUT2D eigenvalue weighted by molar-refractivity contribution is 0.0918. The van der Waals surface area contributed by atoms with E-state index in [-0.39, 0.29) is 24.4 Å². The second-order valence-electron chi connectivity index (χ2n) is 7.42. The number of rotatable bonds is 6. The summed E-state index contributed by atoms with van der Waals surface area (Å²) in [5.74, 6) is 0.604. The molecule has 1 heterocycles. The van der Waals surface area contributed by atoms with Crippen LogP contribution in [-0.2, 0) is 6.61 Å². The van der Waals surface area contributed by atoms with Crippen LogP contribution in [0.1, 0.15) is 60.5 Å². The number of benzene rings is 1. The number of nitrogens with one attached hydrogen (secondary N) is 1. The molecule has 1 saturated carbocycles. The molecule has 1 aliphatic carbocycles. The molecule has 2 aromatic rings. The van der Waals surface area contributed by atoms with E-state index in [1.165, 1.54) is 44.2 Å². The summed E-state index contributed by atoms with van der Waals surface area (Å²) in [6.45, 7) is 4.19. The maximum atomic E-state index is 13.2. The highest BCUT2D eigenvalue weighted by molar-refractivity contribution is 5.95. The van der Waals surface area contributed by atoms with E-state index < -0.39 is 0 Å². The molecule has 0 saturated heterocycles. The number of pyridine rings is 1. The monoisotopic (exact) mass is 370 g/mol. The van der Waals surface area contributed by atoms with Crippen LogP contribution in [0.15, 0.2) is 36.5 Å². The molecule has 1 N–H and O–H groups in total. The van der Waals surface area contributed by atoms with Crippen molar-refractivity contribution in [3.05, 3.63) is 59.0 Å². The Bertz CT molecular complexity index is 788. The Labute approximate surface area is 160 Å². The van der Waals surface area contributed by atoms with Gasteiger partial charge >= 0.3 is 0 Å². The van der Waals surface area contributed by atoms with Crippen molar-refractivity contribution in [2.45, 2.75) is 58.6 Å². The van der Waals surface area contributed by atoms with E-state index in [9.17, 15) is 9.18 Å². The van der Waals surface area contributed by atoms with E-state index >= 15 is 0 Å². The van der Waals surface area contributed by atoms with Crippen molar-refractivity contribution < 1.29 is 13.9 Å². The maximum absolute atomic E-state index is 13.2. The van der Waals surface area contributed by atoms with Crippen molar-refractivity contribution in [2.24, 2.45) is 5.92 Å². The molecule has 0 unspecified atom stereocenters. The topological polar surface area (TPSA) is 51.2 Å². The molecule has 1 aliphatic rings. The summed E-state index contributed by atoms with van der Waals surface area (Å²) in [5.41, 5.74) is 2.11. The number of halogens is 1. The Morgan fingerprint density at radius 1 is 1.30 bits per heavy atom. The molecule has 5 heteroatoms. The van der Waals surface area contributed by atoms with Crippen molar-refractivity contribution in [1.29, 1.82) is 0 Å². The van der Waals surface area contributed by atoms with Crippen LogP contribution >= 0.6 is 0 Å². The van der Waals surface area contributed by atoms with Gasteiger partial charge in [0, 0.05) is 18.3 Å². The van der Waals surface area contributed by atoms with Gasteiger partial charge in [0.1, 0.15) is 12.4 Å². The van der Waals surface area contributed by atoms with Crippen molar-refractivity contribution in [1.82, 2.24) is 10.3 Å². The fraction of sp³-hybridized carbons (Fsp3) is 0.455. The predicted octanol–water partition coefficient (Wildman–Crippen LogP) is 4.81. The van der Waals surface area contributed by atoms with Crippen LogP contribution in [0.3, 0.4) is 0 Å². The third-order valence-electron chi connectivity index (χ3n) is 5.32. The summed E-state index contributed by atoms with van der Waals surface area (Å²) in [6, 6.07) is 8.19. The lowest BCUT2D eigenvalue weighted by Crippen LogP contribution is -2.39. The first-order valence-corrected chi connectivity index (χ1v) is 9.67. The van der Waals surface area contributed by atoms with Gasteiger partial charge in [-0.15, -0.1) is 0 Å². The van der Waals surface area contributed by atoms with Gasteiger partial charge in [-0.1, -0.05) is 31.4 Å². The normalized spacial score (nSPS) is 16.0. The summed E-state index contributed by atoms with van der Waals surface area (Å²) in [5, 5.41) is 3.13. The molecule has 0 aliphatic heterocycles. The fourth-order valence-electron chi connectivity index (χ4n) is 3.67. The van der Waals surface area contributed by atoms with Crippen molar-refractivity contribution in [3.63, 3.8) is 0 Å². The lowest BCUT2D eigenvalue weighted by Gasteiger charge is -2.28. The molecule has 1 aromatic carbocycles. The van der Waals surface area contributed by atoms with Gasteiger partial charge in [-0.05, 0) is 55.9 Å². The Morgan fingerprint density at radius 3 is 2.78 bits per heavy atom. The SMILES string of the molecule is Cc1cc(OCc2cccc(F)c2)ncc1C(=O)N[C@H](C)C1CCCCC1. The predicted molar refractivity (Wildman–Crippen MR) is 103 cm³/mol. The average molecular weight is 370 g/mol. The Hall–Kier alpha value is -2.43. The van der Waals surface area contributed by atoms with Crippen LogP contribution in [-0.4, -0.2) is 16.9 Å². The van der Waals surface area contributed by atoms with Gasteiger partial charge in [-0.2, -0.15) is 0 Å². The number of hydrogen-bond donors (Lipinski definition) is 1. The highest BCUT2D eigenvalue weighted by atomic mass is 19.1. The van der Waals surface area contributed by atoms with Crippen LogP contribution in [0.25, 0.3) is 0 Å². The highest BCUT2D eigenvalue weighted by Gasteiger charge is 2.22. The van der Waals surface area contributed by atoms with Crippen molar-refractivity contribution in [3.8, 4) is 5.88 Å². The first kappa shape index (κ1) is 19.3. The summed E-state index contributed by atoms with van der Waals surface area (Å²) >= 11 is 0. The van der Waals surface area contributed by atoms with Crippen LogP contribution in [0.2, 0.25) is 0 Å². The molecule has 27 heavy (non-hydrogen) atoms. The number of aryl methyl sites for hydroxylation is 1. The van der Waals surface area contributed by atoms with Gasteiger partial charge in [0.2, 0.25) is 5.88 Å². The molecule has 144 valence electrons. The molecule has 0 radical (unpaired) electrons. The minimum absolute atomic E-state index is 0.0882. The number of nitrogens with zero attached hydrogens (tertiary/aromatic N) is 1. The molecular weight excluding hydrogens is 343 g/mol. The van der Waals surface area contributed by atoms with E-state index in [2.05, 4.69) is 17.2 Å². The van der Waals surface area contributed by atoms with E-state index in [1.54, 1.807) is 24.4 Å². The Morgan fingerprint density at radius 2 is 2.07 bits per heavy atom. The van der Waals surface area contributed by atoms with Crippen LogP contribution < -0.4 is 10.1 Å². The number of hydrogen-bond acceptors (Lipinski definition) is 3. The number of ether oxygens (including phenoxy) is 1. The number of aromatic nitrogens is 1. The molecule has 1 amide bonds. The zero-order valence-corrected chi connectivity index (χ0v) is 16.0. The molecule has 1 aromatic heterocycles. The first-order chi connectivity index (χ1) is 13.0. The third kappa shape index (κ3) is 5.28. The van der Waals surface area contributed by atoms with Gasteiger partial charge in [0.05, 0.1) is 5.56 Å². The minimum Gasteiger partial charge on any atom is -0.473 e. The Balaban J connectivity index is 1.59. The molecule has 1 fully saturated rings. The second kappa shape index (κ2) is 8.98. The number of carbonyl (C=O) groups is 1. The van der Waals surface area contributed by atoms with Gasteiger partial charge in [-0.3, -0.25) is 4.79 Å². The number of amides is 1. The molecular formula is C22H27FN2O2. The first-order valence-electron chi connectivity index (χ1n) is 9.67. The summed E-state index contributed by atoms with van der Waals surface area (Å²) < 4.78 is 18.9. The smallest absolute Gasteiger partial charge is 0.253 e. The lowest BCUT2D eigenvalue weighted by atomic mass is 9.84. The summed E-state index contributed by atoms with van der Waals surface area (Å²) in [6.07, 6.45) is 7.74. The zero-order chi connectivity index (χ0) is 19.2. The van der Waals surface area contributed by atoms with E-state index in [0.29, 0.717) is 17.4 Å². The quantitative estimate of drug-likeness (QED) is 0.794. The maximum Gasteiger partial charge on any atom is 0.253 e. The average Bonchev–Trinajstić information content (AvgIpc) is 2.67. The molecule has 4 nitrogen and oxygen atoms in total.